The number of rotatable bonds is 14. The molecule has 11 heteroatoms. The van der Waals surface area contributed by atoms with Crippen molar-refractivity contribution in [2.45, 2.75) is 69.5 Å². The van der Waals surface area contributed by atoms with Gasteiger partial charge in [-0.3, -0.25) is 0 Å². The Labute approximate surface area is 387 Å². The molecular formula is C55H61FN2O8. The molecule has 2 N–H and O–H groups in total. The number of likely N-dealkylation sites (tertiary alicyclic amines) is 2. The van der Waals surface area contributed by atoms with Crippen LogP contribution in [0.15, 0.2) is 120 Å². The third-order valence-electron chi connectivity index (χ3n) is 13.1. The summed E-state index contributed by atoms with van der Waals surface area (Å²) in [6, 6.07) is 35.9. The van der Waals surface area contributed by atoms with E-state index in [1.165, 1.54) is 16.3 Å². The number of para-hydroxylation sites is 2. The molecule has 0 radical (unpaired) electrons. The quantitative estimate of drug-likeness (QED) is 0.0827. The molecule has 0 aliphatic carbocycles. The number of halogens is 1. The van der Waals surface area contributed by atoms with E-state index >= 15 is 0 Å². The predicted molar refractivity (Wildman–Crippen MR) is 255 cm³/mol. The molecule has 0 amide bonds. The van der Waals surface area contributed by atoms with E-state index < -0.39 is 12.2 Å². The van der Waals surface area contributed by atoms with Crippen molar-refractivity contribution in [3.05, 3.63) is 154 Å². The van der Waals surface area contributed by atoms with Gasteiger partial charge >= 0.3 is 11.9 Å². The Morgan fingerprint density at radius 3 is 1.56 bits per heavy atom. The van der Waals surface area contributed by atoms with Crippen LogP contribution in [0, 0.1) is 12.7 Å². The van der Waals surface area contributed by atoms with Gasteiger partial charge in [-0.2, -0.15) is 0 Å². The number of aliphatic hydroxyl groups is 2. The molecule has 4 heterocycles. The summed E-state index contributed by atoms with van der Waals surface area (Å²) in [6.45, 7) is 7.82. The largest absolute Gasteiger partial charge is 0.490 e. The highest BCUT2D eigenvalue weighted by Crippen LogP contribution is 2.32. The van der Waals surface area contributed by atoms with E-state index in [4.69, 9.17) is 18.9 Å². The summed E-state index contributed by atoms with van der Waals surface area (Å²) in [5.74, 6) is 1.55. The van der Waals surface area contributed by atoms with Crippen molar-refractivity contribution in [3.8, 4) is 11.5 Å². The van der Waals surface area contributed by atoms with Crippen molar-refractivity contribution in [3.63, 3.8) is 0 Å². The summed E-state index contributed by atoms with van der Waals surface area (Å²) in [5, 5.41) is 23.7. The maximum atomic E-state index is 13.9. The highest BCUT2D eigenvalue weighted by molar-refractivity contribution is 5.96. The molecule has 1 unspecified atom stereocenters. The zero-order valence-electron chi connectivity index (χ0n) is 37.8. The number of carbonyl (C=O) groups excluding carboxylic acids is 2. The van der Waals surface area contributed by atoms with Crippen molar-refractivity contribution >= 4 is 34.9 Å². The van der Waals surface area contributed by atoms with E-state index in [1.807, 2.05) is 66.7 Å². The number of aryl methyl sites for hydroxylation is 1. The fraction of sp³-hybridized carbons (Fsp3) is 0.382. The summed E-state index contributed by atoms with van der Waals surface area (Å²) in [6.07, 6.45) is 7.73. The van der Waals surface area contributed by atoms with Crippen LogP contribution < -0.4 is 9.47 Å². The van der Waals surface area contributed by atoms with Gasteiger partial charge in [0.25, 0.3) is 0 Å². The molecule has 4 fully saturated rings. The van der Waals surface area contributed by atoms with E-state index in [2.05, 4.69) is 52.3 Å². The van der Waals surface area contributed by atoms with Crippen LogP contribution in [0.25, 0.3) is 22.9 Å². The molecule has 5 aromatic carbocycles. The van der Waals surface area contributed by atoms with Gasteiger partial charge in [-0.05, 0) is 128 Å². The number of hydrogen-bond acceptors (Lipinski definition) is 10. The third kappa shape index (κ3) is 12.5. The van der Waals surface area contributed by atoms with Gasteiger partial charge in [0.05, 0.1) is 13.2 Å². The highest BCUT2D eigenvalue weighted by Gasteiger charge is 2.25. The summed E-state index contributed by atoms with van der Waals surface area (Å²) in [7, 11) is 0. The number of cyclic esters (lactones) is 2. The lowest BCUT2D eigenvalue weighted by atomic mass is 9.88. The molecule has 2 atom stereocenters. The van der Waals surface area contributed by atoms with Crippen molar-refractivity contribution in [2.24, 2.45) is 0 Å². The second-order valence-electron chi connectivity index (χ2n) is 17.9. The molecule has 10 nitrogen and oxygen atoms in total. The number of hydrogen-bond donors (Lipinski definition) is 2. The monoisotopic (exact) mass is 896 g/mol. The number of nitrogens with zero attached hydrogens (tertiary/aromatic N) is 2. The van der Waals surface area contributed by atoms with E-state index in [1.54, 1.807) is 19.1 Å². The first-order valence-electron chi connectivity index (χ1n) is 23.4. The van der Waals surface area contributed by atoms with Gasteiger partial charge in [0, 0.05) is 48.2 Å². The Balaban J connectivity index is 0.000000180. The molecule has 0 aromatic heterocycles. The minimum absolute atomic E-state index is 0.141. The van der Waals surface area contributed by atoms with Crippen LogP contribution in [0.5, 0.6) is 11.5 Å². The molecule has 0 saturated carbocycles. The number of benzene rings is 5. The molecule has 0 bridgehead atoms. The first kappa shape index (κ1) is 46.7. The Hall–Kier alpha value is -5.85. The molecule has 4 aliphatic heterocycles. The highest BCUT2D eigenvalue weighted by atomic mass is 19.1. The molecule has 0 spiro atoms. The first-order chi connectivity index (χ1) is 32.1. The van der Waals surface area contributed by atoms with Gasteiger partial charge < -0.3 is 39.0 Å². The number of esters is 2. The Bertz CT molecular complexity index is 2510. The van der Waals surface area contributed by atoms with Gasteiger partial charge in [0.15, 0.2) is 0 Å². The molecule has 4 aliphatic rings. The Kier molecular flexibility index (Phi) is 16.0. The van der Waals surface area contributed by atoms with E-state index in [0.717, 1.165) is 68.6 Å². The van der Waals surface area contributed by atoms with Crippen molar-refractivity contribution in [1.82, 2.24) is 9.80 Å². The SMILES string of the molecule is Cc1ccc(C2CCN(C[C@H](O)COc3ccccc3/C=C3\CCOC3=O)CC2)cc1F.O=C1OCC/C1=C\c1ccccc1OCC(O)CN1CCC(c2ccc3ccccc3c2)CC1. The average Bonchev–Trinajstić information content (AvgIpc) is 3.95. The molecule has 9 rings (SSSR count). The second-order valence-corrected chi connectivity index (χ2v) is 17.9. The minimum Gasteiger partial charge on any atom is -0.490 e. The van der Waals surface area contributed by atoms with Crippen molar-refractivity contribution in [1.29, 1.82) is 0 Å². The third-order valence-corrected chi connectivity index (χ3v) is 13.1. The number of β-amino-alcohol motifs (C(OH)–C–C–N with tert-alkyl or cyclic N) is 2. The van der Waals surface area contributed by atoms with E-state index in [-0.39, 0.29) is 31.0 Å². The van der Waals surface area contributed by atoms with Gasteiger partial charge in [0.1, 0.15) is 42.7 Å². The molecule has 346 valence electrons. The average molecular weight is 897 g/mol. The number of ether oxygens (including phenoxy) is 4. The Morgan fingerprint density at radius 2 is 1.08 bits per heavy atom. The van der Waals surface area contributed by atoms with Crippen LogP contribution in [0.4, 0.5) is 4.39 Å². The van der Waals surface area contributed by atoms with E-state index in [0.29, 0.717) is 79.2 Å². The topological polar surface area (TPSA) is 118 Å². The van der Waals surface area contributed by atoms with Crippen LogP contribution >= 0.6 is 0 Å². The lowest BCUT2D eigenvalue weighted by Gasteiger charge is -2.33. The number of piperidine rings is 2. The van der Waals surface area contributed by atoms with Crippen LogP contribution in [-0.2, 0) is 19.1 Å². The molecule has 4 saturated heterocycles. The van der Waals surface area contributed by atoms with Crippen LogP contribution in [0.1, 0.15) is 78.2 Å². The number of carbonyl (C=O) groups is 2. The maximum absolute atomic E-state index is 13.9. The van der Waals surface area contributed by atoms with Gasteiger partial charge in [0.2, 0.25) is 0 Å². The normalized spacial score (nSPS) is 19.6. The van der Waals surface area contributed by atoms with Crippen LogP contribution in [0.3, 0.4) is 0 Å². The lowest BCUT2D eigenvalue weighted by molar-refractivity contribution is -0.135. The maximum Gasteiger partial charge on any atom is 0.334 e. The summed E-state index contributed by atoms with van der Waals surface area (Å²) < 4.78 is 35.7. The fourth-order valence-electron chi connectivity index (χ4n) is 9.29. The summed E-state index contributed by atoms with van der Waals surface area (Å²) >= 11 is 0. The predicted octanol–water partition coefficient (Wildman–Crippen LogP) is 8.87. The minimum atomic E-state index is -0.625. The number of aliphatic hydroxyl groups excluding tert-OH is 2. The van der Waals surface area contributed by atoms with Crippen molar-refractivity contribution in [2.75, 3.05) is 65.7 Å². The van der Waals surface area contributed by atoms with Crippen molar-refractivity contribution < 1.29 is 43.1 Å². The van der Waals surface area contributed by atoms with Crippen LogP contribution in [-0.4, -0.2) is 110 Å². The van der Waals surface area contributed by atoms with Gasteiger partial charge in [-0.1, -0.05) is 91.0 Å². The van der Waals surface area contributed by atoms with Gasteiger partial charge in [-0.15, -0.1) is 0 Å². The fourth-order valence-corrected chi connectivity index (χ4v) is 9.29. The van der Waals surface area contributed by atoms with Crippen LogP contribution in [0.2, 0.25) is 0 Å². The molecule has 66 heavy (non-hydrogen) atoms. The number of fused-ring (bicyclic) bond motifs is 1. The Morgan fingerprint density at radius 1 is 0.621 bits per heavy atom. The van der Waals surface area contributed by atoms with E-state index in [9.17, 15) is 24.2 Å². The zero-order valence-corrected chi connectivity index (χ0v) is 37.8. The lowest BCUT2D eigenvalue weighted by Crippen LogP contribution is -2.40. The summed E-state index contributed by atoms with van der Waals surface area (Å²) in [4.78, 5) is 28.1. The summed E-state index contributed by atoms with van der Waals surface area (Å²) in [5.41, 5.74) is 6.09. The van der Waals surface area contributed by atoms with Gasteiger partial charge in [-0.25, -0.2) is 14.0 Å². The zero-order chi connectivity index (χ0) is 45.8. The molecular weight excluding hydrogens is 836 g/mol. The smallest absolute Gasteiger partial charge is 0.334 e. The molecule has 5 aromatic rings. The standard InChI is InChI=1S/C29H31NO4.C26H30FNO4/c31-27(20-34-28-8-4-3-7-25(28)18-26-13-16-33-29(26)32)19-30-14-11-22(12-15-30)24-10-9-21-5-1-2-6-23(21)17-24;1-18-6-7-20(15-24(18)27)19-8-11-28(12-9-19)16-23(29)17-32-25-5-3-2-4-21(25)14-22-10-13-31-26(22)30/h1-10,17-18,22,27,31H,11-16,19-20H2;2-7,14-15,19,23,29H,8-13,16-17H2,1H3/b26-18+;22-14+/t;23-/m.0/s1. The second kappa shape index (κ2) is 22.6. The first-order valence-corrected chi connectivity index (χ1v) is 23.4.